The Kier molecular flexibility index (Phi) is 6.02. The molecule has 0 spiro atoms. The Labute approximate surface area is 137 Å². The molecule has 1 heterocycles. The van der Waals surface area contributed by atoms with Crippen LogP contribution < -0.4 is 4.74 Å². The van der Waals surface area contributed by atoms with Crippen LogP contribution in [0.2, 0.25) is 0 Å². The van der Waals surface area contributed by atoms with Crippen molar-refractivity contribution in [2.45, 2.75) is 33.1 Å². The van der Waals surface area contributed by atoms with Crippen LogP contribution in [0.25, 0.3) is 0 Å². The van der Waals surface area contributed by atoms with E-state index >= 15 is 0 Å². The number of hydrogen-bond donors (Lipinski definition) is 0. The first kappa shape index (κ1) is 17.3. The van der Waals surface area contributed by atoms with E-state index < -0.39 is 0 Å². The summed E-state index contributed by atoms with van der Waals surface area (Å²) in [6.45, 7) is 5.33. The van der Waals surface area contributed by atoms with Gasteiger partial charge in [0.2, 0.25) is 0 Å². The maximum atomic E-state index is 12.7. The van der Waals surface area contributed by atoms with E-state index in [0.29, 0.717) is 25.3 Å². The fraction of sp³-hybridized carbons (Fsp3) is 0.556. The largest absolute Gasteiger partial charge is 0.496 e. The van der Waals surface area contributed by atoms with Gasteiger partial charge in [0.25, 0.3) is 5.91 Å². The molecule has 1 aromatic carbocycles. The molecule has 5 heteroatoms. The van der Waals surface area contributed by atoms with Gasteiger partial charge in [0.05, 0.1) is 19.6 Å². The Bertz CT molecular complexity index is 570. The van der Waals surface area contributed by atoms with Gasteiger partial charge in [0.15, 0.2) is 0 Å². The highest BCUT2D eigenvalue weighted by atomic mass is 16.5. The summed E-state index contributed by atoms with van der Waals surface area (Å²) in [5.74, 6) is 0.356. The van der Waals surface area contributed by atoms with E-state index in [1.54, 1.807) is 25.0 Å². The number of nitrogens with zero attached hydrogens (tertiary/aromatic N) is 1. The van der Waals surface area contributed by atoms with Gasteiger partial charge in [-0.2, -0.15) is 0 Å². The first-order chi connectivity index (χ1) is 11.1. The Morgan fingerprint density at radius 3 is 2.74 bits per heavy atom. The third-order valence-electron chi connectivity index (χ3n) is 4.24. The Morgan fingerprint density at radius 2 is 2.09 bits per heavy atom. The quantitative estimate of drug-likeness (QED) is 0.783. The number of likely N-dealkylation sites (tertiary alicyclic amines) is 1. The Hall–Kier alpha value is -2.04. The van der Waals surface area contributed by atoms with Crippen molar-refractivity contribution in [3.8, 4) is 5.75 Å². The van der Waals surface area contributed by atoms with Gasteiger partial charge in [-0.15, -0.1) is 0 Å². The molecule has 0 aliphatic carbocycles. The van der Waals surface area contributed by atoms with Crippen LogP contribution in [0, 0.1) is 5.92 Å². The zero-order chi connectivity index (χ0) is 16.8. The van der Waals surface area contributed by atoms with Gasteiger partial charge in [-0.05, 0) is 49.9 Å². The monoisotopic (exact) mass is 319 g/mol. The van der Waals surface area contributed by atoms with Gasteiger partial charge in [0, 0.05) is 18.7 Å². The highest BCUT2D eigenvalue weighted by Crippen LogP contribution is 2.24. The molecule has 1 aliphatic rings. The average Bonchev–Trinajstić information content (AvgIpc) is 2.60. The van der Waals surface area contributed by atoms with Crippen LogP contribution >= 0.6 is 0 Å². The number of ether oxygens (including phenoxy) is 2. The number of carbonyl (C=O) groups excluding carboxylic acids is 2. The van der Waals surface area contributed by atoms with Crippen molar-refractivity contribution in [1.29, 1.82) is 0 Å². The second-order valence-electron chi connectivity index (χ2n) is 5.72. The summed E-state index contributed by atoms with van der Waals surface area (Å²) in [7, 11) is 1.63. The third kappa shape index (κ3) is 4.03. The summed E-state index contributed by atoms with van der Waals surface area (Å²) < 4.78 is 10.4. The van der Waals surface area contributed by atoms with Crippen LogP contribution in [0.3, 0.4) is 0 Å². The predicted molar refractivity (Wildman–Crippen MR) is 87.6 cm³/mol. The average molecular weight is 319 g/mol. The van der Waals surface area contributed by atoms with E-state index in [1.807, 2.05) is 19.1 Å². The molecule has 126 valence electrons. The Balaban J connectivity index is 2.12. The number of benzene rings is 1. The topological polar surface area (TPSA) is 55.8 Å². The molecule has 0 bridgehead atoms. The lowest BCUT2D eigenvalue weighted by molar-refractivity contribution is -0.149. The minimum absolute atomic E-state index is 0.0312. The molecule has 1 fully saturated rings. The summed E-state index contributed by atoms with van der Waals surface area (Å²) in [5, 5.41) is 0. The molecule has 0 N–H and O–H groups in total. The van der Waals surface area contributed by atoms with Gasteiger partial charge < -0.3 is 14.4 Å². The van der Waals surface area contributed by atoms with Crippen LogP contribution in [0.15, 0.2) is 18.2 Å². The predicted octanol–water partition coefficient (Wildman–Crippen LogP) is 2.67. The van der Waals surface area contributed by atoms with Crippen molar-refractivity contribution in [3.63, 3.8) is 0 Å². The molecule has 1 atom stereocenters. The number of hydrogen-bond acceptors (Lipinski definition) is 4. The van der Waals surface area contributed by atoms with Crippen LogP contribution in [0.1, 0.15) is 42.6 Å². The highest BCUT2D eigenvalue weighted by molar-refractivity contribution is 5.95. The fourth-order valence-electron chi connectivity index (χ4n) is 2.98. The summed E-state index contributed by atoms with van der Waals surface area (Å²) in [4.78, 5) is 26.4. The summed E-state index contributed by atoms with van der Waals surface area (Å²) in [5.41, 5.74) is 1.66. The maximum Gasteiger partial charge on any atom is 0.310 e. The molecular weight excluding hydrogens is 294 g/mol. The van der Waals surface area contributed by atoms with Crippen LogP contribution in [0.4, 0.5) is 0 Å². The molecule has 1 saturated heterocycles. The maximum absolute atomic E-state index is 12.7. The van der Waals surface area contributed by atoms with E-state index in [0.717, 1.165) is 30.6 Å². The molecule has 5 nitrogen and oxygen atoms in total. The summed E-state index contributed by atoms with van der Waals surface area (Å²) in [6, 6.07) is 5.50. The van der Waals surface area contributed by atoms with Gasteiger partial charge in [0.1, 0.15) is 5.75 Å². The summed E-state index contributed by atoms with van der Waals surface area (Å²) >= 11 is 0. The van der Waals surface area contributed by atoms with Crippen molar-refractivity contribution in [3.05, 3.63) is 29.3 Å². The first-order valence-electron chi connectivity index (χ1n) is 8.23. The van der Waals surface area contributed by atoms with Crippen molar-refractivity contribution < 1.29 is 19.1 Å². The number of carbonyl (C=O) groups is 2. The number of aryl methyl sites for hydroxylation is 1. The number of rotatable bonds is 5. The van der Waals surface area contributed by atoms with Crippen LogP contribution in [-0.2, 0) is 16.0 Å². The van der Waals surface area contributed by atoms with Crippen LogP contribution in [-0.4, -0.2) is 43.6 Å². The normalized spacial score (nSPS) is 17.7. The van der Waals surface area contributed by atoms with Crippen molar-refractivity contribution in [2.75, 3.05) is 26.8 Å². The second-order valence-corrected chi connectivity index (χ2v) is 5.72. The molecule has 0 radical (unpaired) electrons. The minimum Gasteiger partial charge on any atom is -0.496 e. The van der Waals surface area contributed by atoms with E-state index in [-0.39, 0.29) is 17.8 Å². The molecule has 23 heavy (non-hydrogen) atoms. The standard InChI is InChI=1S/C18H25NO4/c1-4-13-11-14(8-9-16(13)22-3)17(20)19-10-6-7-15(12-19)18(21)23-5-2/h8-9,11,15H,4-7,10,12H2,1-3H3. The van der Waals surface area contributed by atoms with Crippen molar-refractivity contribution >= 4 is 11.9 Å². The molecular formula is C18H25NO4. The number of esters is 1. The zero-order valence-corrected chi connectivity index (χ0v) is 14.1. The second kappa shape index (κ2) is 7.99. The molecule has 2 rings (SSSR count). The molecule has 1 aromatic rings. The summed E-state index contributed by atoms with van der Waals surface area (Å²) in [6.07, 6.45) is 2.41. The molecule has 0 saturated carbocycles. The van der Waals surface area contributed by atoms with Crippen LogP contribution in [0.5, 0.6) is 5.75 Å². The van der Waals surface area contributed by atoms with Crippen molar-refractivity contribution in [2.24, 2.45) is 5.92 Å². The number of piperidine rings is 1. The zero-order valence-electron chi connectivity index (χ0n) is 14.1. The lowest BCUT2D eigenvalue weighted by Crippen LogP contribution is -2.42. The molecule has 1 unspecified atom stereocenters. The molecule has 0 aromatic heterocycles. The van der Waals surface area contributed by atoms with Gasteiger partial charge in [-0.3, -0.25) is 9.59 Å². The molecule has 1 amide bonds. The minimum atomic E-state index is -0.212. The van der Waals surface area contributed by atoms with Gasteiger partial charge >= 0.3 is 5.97 Å². The Morgan fingerprint density at radius 1 is 1.30 bits per heavy atom. The lowest BCUT2D eigenvalue weighted by atomic mass is 9.97. The number of methoxy groups -OCH3 is 1. The molecule has 1 aliphatic heterocycles. The fourth-order valence-corrected chi connectivity index (χ4v) is 2.98. The highest BCUT2D eigenvalue weighted by Gasteiger charge is 2.29. The number of amides is 1. The smallest absolute Gasteiger partial charge is 0.310 e. The lowest BCUT2D eigenvalue weighted by Gasteiger charge is -2.31. The van der Waals surface area contributed by atoms with E-state index in [2.05, 4.69) is 0 Å². The first-order valence-corrected chi connectivity index (χ1v) is 8.23. The van der Waals surface area contributed by atoms with Gasteiger partial charge in [-0.25, -0.2) is 0 Å². The van der Waals surface area contributed by atoms with E-state index in [1.165, 1.54) is 0 Å². The van der Waals surface area contributed by atoms with E-state index in [9.17, 15) is 9.59 Å². The third-order valence-corrected chi connectivity index (χ3v) is 4.24. The van der Waals surface area contributed by atoms with Crippen molar-refractivity contribution in [1.82, 2.24) is 4.90 Å². The van der Waals surface area contributed by atoms with Gasteiger partial charge in [-0.1, -0.05) is 6.92 Å². The van der Waals surface area contributed by atoms with E-state index in [4.69, 9.17) is 9.47 Å². The SMILES string of the molecule is CCOC(=O)C1CCCN(C(=O)c2ccc(OC)c(CC)c2)C1.